The van der Waals surface area contributed by atoms with Gasteiger partial charge < -0.3 is 15.4 Å². The Labute approximate surface area is 127 Å². The molecule has 0 saturated heterocycles. The molecule has 0 aromatic carbocycles. The molecule has 5 nitrogen and oxygen atoms in total. The fourth-order valence-corrected chi connectivity index (χ4v) is 2.88. The molecule has 2 rings (SSSR count). The van der Waals surface area contributed by atoms with E-state index in [2.05, 4.69) is 34.4 Å². The molecule has 1 aromatic rings. The highest BCUT2D eigenvalue weighted by Crippen LogP contribution is 2.30. The summed E-state index contributed by atoms with van der Waals surface area (Å²) in [5, 5.41) is 6.80. The average molecular weight is 292 g/mol. The van der Waals surface area contributed by atoms with Gasteiger partial charge in [0.1, 0.15) is 18.2 Å². The molecule has 5 heteroatoms. The van der Waals surface area contributed by atoms with E-state index in [0.29, 0.717) is 6.61 Å². The van der Waals surface area contributed by atoms with Crippen molar-refractivity contribution in [2.75, 3.05) is 30.8 Å². The van der Waals surface area contributed by atoms with Crippen molar-refractivity contribution < 1.29 is 4.74 Å². The van der Waals surface area contributed by atoms with Crippen LogP contribution in [0.3, 0.4) is 0 Å². The molecule has 0 bridgehead atoms. The van der Waals surface area contributed by atoms with Crippen molar-refractivity contribution >= 4 is 11.6 Å². The average Bonchev–Trinajstić information content (AvgIpc) is 2.89. The number of hydrogen-bond donors (Lipinski definition) is 2. The van der Waals surface area contributed by atoms with Crippen LogP contribution >= 0.6 is 0 Å². The van der Waals surface area contributed by atoms with Gasteiger partial charge in [-0.05, 0) is 31.1 Å². The first-order valence-electron chi connectivity index (χ1n) is 8.06. The molecule has 1 aromatic heterocycles. The molecule has 0 spiro atoms. The van der Waals surface area contributed by atoms with Crippen LogP contribution in [0.5, 0.6) is 0 Å². The lowest BCUT2D eigenvalue weighted by Gasteiger charge is -2.14. The zero-order valence-corrected chi connectivity index (χ0v) is 13.5. The third-order valence-electron chi connectivity index (χ3n) is 3.98. The van der Waals surface area contributed by atoms with Crippen molar-refractivity contribution in [3.63, 3.8) is 0 Å². The molecule has 118 valence electrons. The van der Waals surface area contributed by atoms with Crippen LogP contribution < -0.4 is 10.6 Å². The van der Waals surface area contributed by atoms with E-state index in [1.54, 1.807) is 7.11 Å². The molecule has 1 aliphatic rings. The highest BCUT2D eigenvalue weighted by atomic mass is 16.5. The summed E-state index contributed by atoms with van der Waals surface area (Å²) in [4.78, 5) is 8.99. The number of aromatic nitrogens is 2. The minimum Gasteiger partial charge on any atom is -0.377 e. The number of ether oxygens (including phenoxy) is 1. The summed E-state index contributed by atoms with van der Waals surface area (Å²) >= 11 is 0. The standard InChI is InChI=1S/C16H28N4O/c1-4-7-17-14-9-15(20-16(19-14)11-21-3)18-10-13-6-5-12(2)8-13/h9,12-13H,4-8,10-11H2,1-3H3,(H2,17,18,19,20). The highest BCUT2D eigenvalue weighted by molar-refractivity contribution is 5.47. The van der Waals surface area contributed by atoms with Gasteiger partial charge in [-0.3, -0.25) is 0 Å². The van der Waals surface area contributed by atoms with Crippen LogP contribution in [-0.4, -0.2) is 30.2 Å². The van der Waals surface area contributed by atoms with E-state index in [1.165, 1.54) is 19.3 Å². The molecule has 0 radical (unpaired) electrons. The van der Waals surface area contributed by atoms with E-state index in [0.717, 1.165) is 48.8 Å². The first kappa shape index (κ1) is 16.0. The predicted octanol–water partition coefficient (Wildman–Crippen LogP) is 3.29. The number of rotatable bonds is 8. The van der Waals surface area contributed by atoms with E-state index in [9.17, 15) is 0 Å². The molecule has 1 heterocycles. The maximum Gasteiger partial charge on any atom is 0.158 e. The molecule has 1 fully saturated rings. The van der Waals surface area contributed by atoms with E-state index in [4.69, 9.17) is 4.74 Å². The number of anilines is 2. The number of nitrogens with one attached hydrogen (secondary N) is 2. The van der Waals surface area contributed by atoms with Gasteiger partial charge in [0.15, 0.2) is 5.82 Å². The van der Waals surface area contributed by atoms with Crippen molar-refractivity contribution in [2.45, 2.75) is 46.1 Å². The minimum atomic E-state index is 0.441. The molecule has 1 saturated carbocycles. The molecule has 2 N–H and O–H groups in total. The fourth-order valence-electron chi connectivity index (χ4n) is 2.88. The predicted molar refractivity (Wildman–Crippen MR) is 86.5 cm³/mol. The highest BCUT2D eigenvalue weighted by Gasteiger charge is 2.21. The molecular formula is C16H28N4O. The Morgan fingerprint density at radius 2 is 2.00 bits per heavy atom. The lowest BCUT2D eigenvalue weighted by molar-refractivity contribution is 0.178. The molecule has 2 atom stereocenters. The second-order valence-electron chi connectivity index (χ2n) is 6.08. The molecule has 1 aliphatic carbocycles. The number of hydrogen-bond acceptors (Lipinski definition) is 5. The Kier molecular flexibility index (Phi) is 6.23. The van der Waals surface area contributed by atoms with Gasteiger partial charge in [-0.2, -0.15) is 0 Å². The Bertz CT molecular complexity index is 438. The zero-order valence-electron chi connectivity index (χ0n) is 13.5. The maximum absolute atomic E-state index is 5.15. The van der Waals surface area contributed by atoms with Gasteiger partial charge in [0.2, 0.25) is 0 Å². The van der Waals surface area contributed by atoms with Crippen LogP contribution in [0.1, 0.15) is 45.4 Å². The van der Waals surface area contributed by atoms with Crippen molar-refractivity contribution in [1.29, 1.82) is 0 Å². The SMILES string of the molecule is CCCNc1cc(NCC2CCC(C)C2)nc(COC)n1. The van der Waals surface area contributed by atoms with Crippen molar-refractivity contribution in [3.8, 4) is 0 Å². The van der Waals surface area contributed by atoms with Crippen LogP contribution in [0, 0.1) is 11.8 Å². The van der Waals surface area contributed by atoms with Gasteiger partial charge in [0.05, 0.1) is 0 Å². The summed E-state index contributed by atoms with van der Waals surface area (Å²) in [6.45, 7) is 6.85. The van der Waals surface area contributed by atoms with Crippen LogP contribution in [0.15, 0.2) is 6.07 Å². The van der Waals surface area contributed by atoms with Gasteiger partial charge >= 0.3 is 0 Å². The summed E-state index contributed by atoms with van der Waals surface area (Å²) in [6, 6.07) is 1.99. The van der Waals surface area contributed by atoms with Gasteiger partial charge in [-0.25, -0.2) is 9.97 Å². The number of nitrogens with zero attached hydrogens (tertiary/aromatic N) is 2. The van der Waals surface area contributed by atoms with Crippen molar-refractivity contribution in [1.82, 2.24) is 9.97 Å². The van der Waals surface area contributed by atoms with Crippen LogP contribution in [0.2, 0.25) is 0 Å². The fraction of sp³-hybridized carbons (Fsp3) is 0.750. The Balaban J connectivity index is 1.97. The lowest BCUT2D eigenvalue weighted by atomic mass is 10.1. The molecule has 2 unspecified atom stereocenters. The first-order valence-corrected chi connectivity index (χ1v) is 8.06. The minimum absolute atomic E-state index is 0.441. The van der Waals surface area contributed by atoms with Crippen molar-refractivity contribution in [2.24, 2.45) is 11.8 Å². The van der Waals surface area contributed by atoms with Gasteiger partial charge in [-0.1, -0.05) is 20.3 Å². The summed E-state index contributed by atoms with van der Waals surface area (Å²) in [5.41, 5.74) is 0. The Morgan fingerprint density at radius 3 is 2.62 bits per heavy atom. The van der Waals surface area contributed by atoms with E-state index in [1.807, 2.05) is 6.07 Å². The largest absolute Gasteiger partial charge is 0.377 e. The first-order chi connectivity index (χ1) is 10.2. The summed E-state index contributed by atoms with van der Waals surface area (Å²) in [5.74, 6) is 4.14. The smallest absolute Gasteiger partial charge is 0.158 e. The Hall–Kier alpha value is -1.36. The quantitative estimate of drug-likeness (QED) is 0.770. The van der Waals surface area contributed by atoms with E-state index in [-0.39, 0.29) is 0 Å². The number of methoxy groups -OCH3 is 1. The molecule has 0 aliphatic heterocycles. The monoisotopic (exact) mass is 292 g/mol. The van der Waals surface area contributed by atoms with Gasteiger partial charge in [-0.15, -0.1) is 0 Å². The van der Waals surface area contributed by atoms with E-state index >= 15 is 0 Å². The lowest BCUT2D eigenvalue weighted by Crippen LogP contribution is -2.14. The van der Waals surface area contributed by atoms with Crippen LogP contribution in [-0.2, 0) is 11.3 Å². The van der Waals surface area contributed by atoms with Crippen molar-refractivity contribution in [3.05, 3.63) is 11.9 Å². The van der Waals surface area contributed by atoms with Crippen LogP contribution in [0.4, 0.5) is 11.6 Å². The Morgan fingerprint density at radius 1 is 1.24 bits per heavy atom. The van der Waals surface area contributed by atoms with Gasteiger partial charge in [0, 0.05) is 26.3 Å². The third kappa shape index (κ3) is 5.16. The normalized spacial score (nSPS) is 21.5. The van der Waals surface area contributed by atoms with Gasteiger partial charge in [0.25, 0.3) is 0 Å². The third-order valence-corrected chi connectivity index (χ3v) is 3.98. The second kappa shape index (κ2) is 8.17. The zero-order chi connectivity index (χ0) is 15.1. The van der Waals surface area contributed by atoms with Crippen LogP contribution in [0.25, 0.3) is 0 Å². The summed E-state index contributed by atoms with van der Waals surface area (Å²) in [7, 11) is 1.67. The second-order valence-corrected chi connectivity index (χ2v) is 6.08. The molecular weight excluding hydrogens is 264 g/mol. The maximum atomic E-state index is 5.15. The molecule has 0 amide bonds. The molecule has 21 heavy (non-hydrogen) atoms. The topological polar surface area (TPSA) is 59.1 Å². The summed E-state index contributed by atoms with van der Waals surface area (Å²) < 4.78 is 5.15. The summed E-state index contributed by atoms with van der Waals surface area (Å²) in [6.07, 6.45) is 5.08. The van der Waals surface area contributed by atoms with E-state index < -0.39 is 0 Å².